The summed E-state index contributed by atoms with van der Waals surface area (Å²) in [5.41, 5.74) is 4.38. The summed E-state index contributed by atoms with van der Waals surface area (Å²) in [5, 5.41) is 11.2. The van der Waals surface area contributed by atoms with E-state index < -0.39 is 0 Å². The largest absolute Gasteiger partial charge is 0.387 e. The Labute approximate surface area is 109 Å². The fraction of sp³-hybridized carbons (Fsp3) is 0.357. The van der Waals surface area contributed by atoms with Crippen LogP contribution in [0.15, 0.2) is 22.7 Å². The van der Waals surface area contributed by atoms with Crippen molar-refractivity contribution in [3.8, 4) is 0 Å². The Morgan fingerprint density at radius 2 is 2.24 bits per heavy atom. The van der Waals surface area contributed by atoms with Gasteiger partial charge in [-0.15, -0.1) is 0 Å². The minimum absolute atomic E-state index is 0.384. The molecule has 1 heterocycles. The van der Waals surface area contributed by atoms with Gasteiger partial charge >= 0.3 is 0 Å². The van der Waals surface area contributed by atoms with Crippen LogP contribution in [0.1, 0.15) is 35.8 Å². The Morgan fingerprint density at radius 1 is 1.41 bits per heavy atom. The Hall–Kier alpha value is -0.930. The molecule has 0 fully saturated rings. The van der Waals surface area contributed by atoms with Gasteiger partial charge < -0.3 is 5.11 Å². The van der Waals surface area contributed by atoms with E-state index in [2.05, 4.69) is 33.9 Å². The van der Waals surface area contributed by atoms with E-state index in [1.165, 1.54) is 16.5 Å². The molecule has 1 aliphatic carbocycles. The maximum absolute atomic E-state index is 10.0. The summed E-state index contributed by atoms with van der Waals surface area (Å²) >= 11 is 3.50. The molecule has 88 valence electrons. The number of nitrogens with zero attached hydrogens (tertiary/aromatic N) is 1. The minimum Gasteiger partial charge on any atom is -0.387 e. The number of pyridine rings is 1. The number of aliphatic hydroxyl groups excluding tert-OH is 1. The lowest BCUT2D eigenvalue weighted by Gasteiger charge is -2.23. The molecule has 3 heteroatoms. The summed E-state index contributed by atoms with van der Waals surface area (Å²) in [7, 11) is 0. The standard InChI is InChI=1S/C14H14BrNO/c1-8-10-3-2-4-13(17)14(10)16-12-6-5-9(15)7-11(8)12/h5-7,13,17H,2-4H2,1H3. The van der Waals surface area contributed by atoms with Crippen molar-refractivity contribution in [2.45, 2.75) is 32.3 Å². The second-order valence-electron chi connectivity index (χ2n) is 4.67. The summed E-state index contributed by atoms with van der Waals surface area (Å²) in [6, 6.07) is 6.11. The van der Waals surface area contributed by atoms with Gasteiger partial charge in [0, 0.05) is 9.86 Å². The highest BCUT2D eigenvalue weighted by atomic mass is 79.9. The van der Waals surface area contributed by atoms with Gasteiger partial charge in [-0.05, 0) is 55.5 Å². The number of benzene rings is 1. The van der Waals surface area contributed by atoms with Gasteiger partial charge in [-0.2, -0.15) is 0 Å². The van der Waals surface area contributed by atoms with Gasteiger partial charge in [0.25, 0.3) is 0 Å². The average molecular weight is 292 g/mol. The predicted octanol–water partition coefficient (Wildman–Crippen LogP) is 3.68. The van der Waals surface area contributed by atoms with Crippen molar-refractivity contribution in [3.63, 3.8) is 0 Å². The van der Waals surface area contributed by atoms with Gasteiger partial charge in [-0.3, -0.25) is 0 Å². The average Bonchev–Trinajstić information content (AvgIpc) is 2.32. The van der Waals surface area contributed by atoms with Crippen molar-refractivity contribution in [3.05, 3.63) is 39.5 Å². The van der Waals surface area contributed by atoms with E-state index in [9.17, 15) is 5.11 Å². The first-order valence-electron chi connectivity index (χ1n) is 5.93. The van der Waals surface area contributed by atoms with Crippen molar-refractivity contribution in [2.75, 3.05) is 0 Å². The van der Waals surface area contributed by atoms with Crippen LogP contribution >= 0.6 is 15.9 Å². The Balaban J connectivity index is 2.35. The SMILES string of the molecule is Cc1c2c(nc3ccc(Br)cc13)C(O)CCC2. The normalized spacial score (nSPS) is 19.4. The first-order chi connectivity index (χ1) is 8.16. The Bertz CT molecular complexity index is 594. The molecular weight excluding hydrogens is 278 g/mol. The molecule has 1 N–H and O–H groups in total. The molecular formula is C14H14BrNO. The highest BCUT2D eigenvalue weighted by Gasteiger charge is 2.22. The van der Waals surface area contributed by atoms with Crippen LogP contribution in [-0.4, -0.2) is 10.1 Å². The van der Waals surface area contributed by atoms with Crippen molar-refractivity contribution >= 4 is 26.8 Å². The lowest BCUT2D eigenvalue weighted by molar-refractivity contribution is 0.152. The number of hydrogen-bond acceptors (Lipinski definition) is 2. The van der Waals surface area contributed by atoms with Gasteiger partial charge in [0.2, 0.25) is 0 Å². The molecule has 17 heavy (non-hydrogen) atoms. The van der Waals surface area contributed by atoms with E-state index in [1.54, 1.807) is 0 Å². The number of aromatic nitrogens is 1. The van der Waals surface area contributed by atoms with Gasteiger partial charge in [0.05, 0.1) is 17.3 Å². The van der Waals surface area contributed by atoms with Crippen molar-refractivity contribution in [1.29, 1.82) is 0 Å². The van der Waals surface area contributed by atoms with Crippen LogP contribution in [-0.2, 0) is 6.42 Å². The quantitative estimate of drug-likeness (QED) is 0.803. The molecule has 2 nitrogen and oxygen atoms in total. The third-order valence-corrected chi connectivity index (χ3v) is 4.08. The fourth-order valence-corrected chi connectivity index (χ4v) is 3.02. The van der Waals surface area contributed by atoms with Crippen molar-refractivity contribution in [1.82, 2.24) is 4.98 Å². The Kier molecular flexibility index (Phi) is 2.68. The van der Waals surface area contributed by atoms with Crippen LogP contribution in [0.25, 0.3) is 10.9 Å². The van der Waals surface area contributed by atoms with Crippen molar-refractivity contribution < 1.29 is 5.11 Å². The maximum Gasteiger partial charge on any atom is 0.0963 e. The summed E-state index contributed by atoms with van der Waals surface area (Å²) in [5.74, 6) is 0. The van der Waals surface area contributed by atoms with Gasteiger partial charge in [-0.1, -0.05) is 15.9 Å². The molecule has 0 aliphatic heterocycles. The second-order valence-corrected chi connectivity index (χ2v) is 5.59. The molecule has 3 rings (SSSR count). The molecule has 1 aromatic heterocycles. The molecule has 0 saturated heterocycles. The van der Waals surface area contributed by atoms with Crippen molar-refractivity contribution in [2.24, 2.45) is 0 Å². The topological polar surface area (TPSA) is 33.1 Å². The van der Waals surface area contributed by atoms with Gasteiger partial charge in [-0.25, -0.2) is 4.98 Å². The van der Waals surface area contributed by atoms with Crippen LogP contribution < -0.4 is 0 Å². The van der Waals surface area contributed by atoms with E-state index >= 15 is 0 Å². The van der Waals surface area contributed by atoms with Crippen LogP contribution in [0.3, 0.4) is 0 Å². The zero-order valence-electron chi connectivity index (χ0n) is 9.70. The molecule has 1 aliphatic rings. The van der Waals surface area contributed by atoms with E-state index in [4.69, 9.17) is 0 Å². The van der Waals surface area contributed by atoms with E-state index in [0.717, 1.165) is 34.9 Å². The summed E-state index contributed by atoms with van der Waals surface area (Å²) < 4.78 is 1.08. The molecule has 0 bridgehead atoms. The molecule has 2 aromatic rings. The fourth-order valence-electron chi connectivity index (χ4n) is 2.66. The molecule has 0 amide bonds. The van der Waals surface area contributed by atoms with Crippen LogP contribution in [0, 0.1) is 6.92 Å². The molecule has 1 aromatic carbocycles. The van der Waals surface area contributed by atoms with Crippen LogP contribution in [0.5, 0.6) is 0 Å². The number of rotatable bonds is 0. The molecule has 1 atom stereocenters. The first-order valence-corrected chi connectivity index (χ1v) is 6.73. The zero-order valence-corrected chi connectivity index (χ0v) is 11.3. The lowest BCUT2D eigenvalue weighted by Crippen LogP contribution is -2.13. The van der Waals surface area contributed by atoms with E-state index in [-0.39, 0.29) is 6.10 Å². The third kappa shape index (κ3) is 1.78. The van der Waals surface area contributed by atoms with Gasteiger partial charge in [0.1, 0.15) is 0 Å². The zero-order chi connectivity index (χ0) is 12.0. The van der Waals surface area contributed by atoms with E-state index in [0.29, 0.717) is 0 Å². The molecule has 0 spiro atoms. The highest BCUT2D eigenvalue weighted by Crippen LogP contribution is 2.34. The van der Waals surface area contributed by atoms with Crippen LogP contribution in [0.2, 0.25) is 0 Å². The lowest BCUT2D eigenvalue weighted by atomic mass is 9.89. The maximum atomic E-state index is 10.0. The minimum atomic E-state index is -0.384. The number of aryl methyl sites for hydroxylation is 1. The molecule has 0 radical (unpaired) electrons. The monoisotopic (exact) mass is 291 g/mol. The summed E-state index contributed by atoms with van der Waals surface area (Å²) in [4.78, 5) is 4.63. The third-order valence-electron chi connectivity index (χ3n) is 3.59. The molecule has 0 saturated carbocycles. The predicted molar refractivity (Wildman–Crippen MR) is 72.1 cm³/mol. The first kappa shape index (κ1) is 11.2. The smallest absolute Gasteiger partial charge is 0.0963 e. The highest BCUT2D eigenvalue weighted by molar-refractivity contribution is 9.10. The summed E-state index contributed by atoms with van der Waals surface area (Å²) in [6.07, 6.45) is 2.54. The number of halogens is 1. The van der Waals surface area contributed by atoms with Gasteiger partial charge in [0.15, 0.2) is 0 Å². The second kappa shape index (κ2) is 4.07. The molecule has 1 unspecified atom stereocenters. The van der Waals surface area contributed by atoms with E-state index in [1.807, 2.05) is 12.1 Å². The van der Waals surface area contributed by atoms with Crippen LogP contribution in [0.4, 0.5) is 0 Å². The summed E-state index contributed by atoms with van der Waals surface area (Å²) in [6.45, 7) is 2.13. The number of fused-ring (bicyclic) bond motifs is 2. The Morgan fingerprint density at radius 3 is 3.06 bits per heavy atom. The number of hydrogen-bond donors (Lipinski definition) is 1. The number of aliphatic hydroxyl groups is 1.